The lowest BCUT2D eigenvalue weighted by atomic mass is 10.0. The fourth-order valence-electron chi connectivity index (χ4n) is 1.68. The van der Waals surface area contributed by atoms with Crippen molar-refractivity contribution in [3.05, 3.63) is 11.7 Å². The average molecular weight is 218 g/mol. The molecule has 1 aromatic heterocycles. The molecule has 1 aromatic rings. The van der Waals surface area contributed by atoms with E-state index in [2.05, 4.69) is 24.0 Å². The SMILES string of the molecule is CCC1(C)CC1c1nc(CN)no1.Cl. The molecule has 2 N–H and O–H groups in total. The molecule has 5 heteroatoms. The molecule has 0 bridgehead atoms. The second-order valence-electron chi connectivity index (χ2n) is 4.02. The second-order valence-corrected chi connectivity index (χ2v) is 4.02. The number of hydrogen-bond donors (Lipinski definition) is 1. The standard InChI is InChI=1S/C9H15N3O.ClH/c1-3-9(2)4-6(9)8-11-7(5-10)12-13-8;/h6H,3-5,10H2,1-2H3;1H. The number of nitrogens with two attached hydrogens (primary N) is 1. The van der Waals surface area contributed by atoms with Gasteiger partial charge in [-0.25, -0.2) is 0 Å². The molecule has 0 aliphatic heterocycles. The number of rotatable bonds is 3. The van der Waals surface area contributed by atoms with Crippen LogP contribution in [0.2, 0.25) is 0 Å². The summed E-state index contributed by atoms with van der Waals surface area (Å²) in [6.07, 6.45) is 2.33. The summed E-state index contributed by atoms with van der Waals surface area (Å²) in [5.41, 5.74) is 5.79. The van der Waals surface area contributed by atoms with Gasteiger partial charge < -0.3 is 10.3 Å². The van der Waals surface area contributed by atoms with E-state index in [4.69, 9.17) is 10.3 Å². The van der Waals surface area contributed by atoms with Crippen molar-refractivity contribution >= 4 is 12.4 Å². The van der Waals surface area contributed by atoms with Gasteiger partial charge in [0.1, 0.15) is 0 Å². The first-order valence-electron chi connectivity index (χ1n) is 4.72. The van der Waals surface area contributed by atoms with Crippen LogP contribution in [0.1, 0.15) is 44.3 Å². The molecule has 0 amide bonds. The van der Waals surface area contributed by atoms with Gasteiger partial charge >= 0.3 is 0 Å². The third-order valence-corrected chi connectivity index (χ3v) is 3.12. The van der Waals surface area contributed by atoms with Crippen molar-refractivity contribution in [1.82, 2.24) is 10.1 Å². The van der Waals surface area contributed by atoms with Gasteiger partial charge in [0.2, 0.25) is 5.89 Å². The van der Waals surface area contributed by atoms with Crippen LogP contribution in [0.15, 0.2) is 4.52 Å². The summed E-state index contributed by atoms with van der Waals surface area (Å²) in [4.78, 5) is 4.23. The van der Waals surface area contributed by atoms with Crippen LogP contribution in [0.25, 0.3) is 0 Å². The Bertz CT molecular complexity index is 315. The summed E-state index contributed by atoms with van der Waals surface area (Å²) >= 11 is 0. The van der Waals surface area contributed by atoms with Crippen molar-refractivity contribution in [2.45, 2.75) is 39.2 Å². The quantitative estimate of drug-likeness (QED) is 0.840. The van der Waals surface area contributed by atoms with E-state index in [0.717, 1.165) is 18.7 Å². The summed E-state index contributed by atoms with van der Waals surface area (Å²) < 4.78 is 5.14. The maximum Gasteiger partial charge on any atom is 0.230 e. The predicted molar refractivity (Wildman–Crippen MR) is 55.2 cm³/mol. The van der Waals surface area contributed by atoms with Crippen molar-refractivity contribution in [2.24, 2.45) is 11.1 Å². The van der Waals surface area contributed by atoms with E-state index in [1.54, 1.807) is 0 Å². The monoisotopic (exact) mass is 217 g/mol. The van der Waals surface area contributed by atoms with Crippen LogP contribution in [0.4, 0.5) is 0 Å². The Hall–Kier alpha value is -0.610. The topological polar surface area (TPSA) is 64.9 Å². The van der Waals surface area contributed by atoms with Crippen LogP contribution in [0.5, 0.6) is 0 Å². The van der Waals surface area contributed by atoms with Crippen molar-refractivity contribution in [3.63, 3.8) is 0 Å². The molecule has 0 saturated heterocycles. The zero-order valence-electron chi connectivity index (χ0n) is 8.49. The van der Waals surface area contributed by atoms with E-state index < -0.39 is 0 Å². The first-order chi connectivity index (χ1) is 6.19. The molecule has 4 nitrogen and oxygen atoms in total. The van der Waals surface area contributed by atoms with Gasteiger partial charge in [0.05, 0.1) is 6.54 Å². The van der Waals surface area contributed by atoms with Crippen molar-refractivity contribution in [2.75, 3.05) is 0 Å². The number of halogens is 1. The molecule has 1 aliphatic carbocycles. The third kappa shape index (κ3) is 1.77. The van der Waals surface area contributed by atoms with Crippen LogP contribution in [0, 0.1) is 5.41 Å². The molecule has 0 aromatic carbocycles. The Morgan fingerprint density at radius 1 is 1.64 bits per heavy atom. The molecule has 2 unspecified atom stereocenters. The second kappa shape index (κ2) is 3.87. The minimum atomic E-state index is 0. The molecular formula is C9H16ClN3O. The molecule has 1 saturated carbocycles. The van der Waals surface area contributed by atoms with Gasteiger partial charge in [0, 0.05) is 5.92 Å². The molecule has 2 rings (SSSR count). The maximum absolute atomic E-state index is 5.40. The Balaban J connectivity index is 0.000000980. The summed E-state index contributed by atoms with van der Waals surface area (Å²) in [5.74, 6) is 1.84. The summed E-state index contributed by atoms with van der Waals surface area (Å²) in [6, 6.07) is 0. The van der Waals surface area contributed by atoms with Gasteiger partial charge in [-0.15, -0.1) is 12.4 Å². The number of nitrogens with zero attached hydrogens (tertiary/aromatic N) is 2. The normalized spacial score (nSPS) is 29.8. The molecule has 2 atom stereocenters. The molecule has 80 valence electrons. The minimum absolute atomic E-state index is 0. The fourth-order valence-corrected chi connectivity index (χ4v) is 1.68. The molecule has 0 radical (unpaired) electrons. The predicted octanol–water partition coefficient (Wildman–Crippen LogP) is 1.85. The molecule has 1 heterocycles. The Morgan fingerprint density at radius 2 is 2.36 bits per heavy atom. The lowest BCUT2D eigenvalue weighted by molar-refractivity contribution is 0.358. The number of hydrogen-bond acceptors (Lipinski definition) is 4. The van der Waals surface area contributed by atoms with E-state index in [-0.39, 0.29) is 12.4 Å². The highest BCUT2D eigenvalue weighted by Gasteiger charge is 2.52. The first-order valence-corrected chi connectivity index (χ1v) is 4.72. The molecule has 1 aliphatic rings. The van der Waals surface area contributed by atoms with Gasteiger partial charge in [0.15, 0.2) is 5.82 Å². The van der Waals surface area contributed by atoms with Crippen molar-refractivity contribution < 1.29 is 4.52 Å². The highest BCUT2D eigenvalue weighted by Crippen LogP contribution is 2.60. The zero-order valence-corrected chi connectivity index (χ0v) is 9.30. The first kappa shape index (κ1) is 11.5. The van der Waals surface area contributed by atoms with E-state index >= 15 is 0 Å². The Morgan fingerprint density at radius 3 is 2.79 bits per heavy atom. The Kier molecular flexibility index (Phi) is 3.17. The van der Waals surface area contributed by atoms with Gasteiger partial charge in [-0.2, -0.15) is 4.98 Å². The van der Waals surface area contributed by atoms with Crippen LogP contribution in [0.3, 0.4) is 0 Å². The zero-order chi connectivity index (χ0) is 9.47. The summed E-state index contributed by atoms with van der Waals surface area (Å²) in [6.45, 7) is 4.81. The average Bonchev–Trinajstić information content (AvgIpc) is 2.65. The van der Waals surface area contributed by atoms with Gasteiger partial charge in [0.25, 0.3) is 0 Å². The van der Waals surface area contributed by atoms with Crippen LogP contribution in [-0.4, -0.2) is 10.1 Å². The van der Waals surface area contributed by atoms with Gasteiger partial charge in [-0.1, -0.05) is 19.0 Å². The lowest BCUT2D eigenvalue weighted by Gasteiger charge is -2.02. The highest BCUT2D eigenvalue weighted by atomic mass is 35.5. The van der Waals surface area contributed by atoms with E-state index in [0.29, 0.717) is 23.7 Å². The third-order valence-electron chi connectivity index (χ3n) is 3.12. The molecular weight excluding hydrogens is 202 g/mol. The van der Waals surface area contributed by atoms with Crippen molar-refractivity contribution in [1.29, 1.82) is 0 Å². The molecule has 14 heavy (non-hydrogen) atoms. The molecule has 0 spiro atoms. The fraction of sp³-hybridized carbons (Fsp3) is 0.778. The van der Waals surface area contributed by atoms with Crippen molar-refractivity contribution in [3.8, 4) is 0 Å². The highest BCUT2D eigenvalue weighted by molar-refractivity contribution is 5.85. The van der Waals surface area contributed by atoms with Gasteiger partial charge in [-0.3, -0.25) is 0 Å². The largest absolute Gasteiger partial charge is 0.339 e. The molecule has 1 fully saturated rings. The van der Waals surface area contributed by atoms with Gasteiger partial charge in [-0.05, 0) is 18.3 Å². The minimum Gasteiger partial charge on any atom is -0.339 e. The lowest BCUT2D eigenvalue weighted by Crippen LogP contribution is -1.99. The summed E-state index contributed by atoms with van der Waals surface area (Å²) in [7, 11) is 0. The smallest absolute Gasteiger partial charge is 0.230 e. The van der Waals surface area contributed by atoms with E-state index in [9.17, 15) is 0 Å². The number of aromatic nitrogens is 2. The summed E-state index contributed by atoms with van der Waals surface area (Å²) in [5, 5.41) is 3.78. The Labute approximate surface area is 89.7 Å². The van der Waals surface area contributed by atoms with Crippen LogP contribution >= 0.6 is 12.4 Å². The van der Waals surface area contributed by atoms with Crippen LogP contribution in [-0.2, 0) is 6.54 Å². The van der Waals surface area contributed by atoms with E-state index in [1.807, 2.05) is 0 Å². The van der Waals surface area contributed by atoms with E-state index in [1.165, 1.54) is 0 Å². The maximum atomic E-state index is 5.40. The van der Waals surface area contributed by atoms with Crippen LogP contribution < -0.4 is 5.73 Å².